The summed E-state index contributed by atoms with van der Waals surface area (Å²) in [6, 6.07) is 16.2. The van der Waals surface area contributed by atoms with Crippen LogP contribution in [0.15, 0.2) is 60.0 Å². The molecule has 2 amide bonds. The topological polar surface area (TPSA) is 114 Å². The van der Waals surface area contributed by atoms with E-state index in [0.29, 0.717) is 16.3 Å². The number of carboxylic acid groups (broad SMARTS) is 1. The molecule has 3 rings (SSSR count). The third kappa shape index (κ3) is 5.90. The first-order valence-electron chi connectivity index (χ1n) is 9.41. The fourth-order valence-corrected chi connectivity index (χ4v) is 4.22. The highest BCUT2D eigenvalue weighted by Gasteiger charge is 2.30. The molecule has 0 bridgehead atoms. The summed E-state index contributed by atoms with van der Waals surface area (Å²) in [5.74, 6) is -3.24. The van der Waals surface area contributed by atoms with E-state index in [4.69, 9.17) is 17.3 Å². The average molecular weight is 458 g/mol. The highest BCUT2D eigenvalue weighted by molar-refractivity contribution is 7.14. The lowest BCUT2D eigenvalue weighted by atomic mass is 9.95. The summed E-state index contributed by atoms with van der Waals surface area (Å²) < 4.78 is 0. The van der Waals surface area contributed by atoms with E-state index in [1.165, 1.54) is 0 Å². The van der Waals surface area contributed by atoms with Crippen molar-refractivity contribution >= 4 is 45.9 Å². The van der Waals surface area contributed by atoms with Gasteiger partial charge in [0.05, 0.1) is 18.0 Å². The Labute approximate surface area is 188 Å². The van der Waals surface area contributed by atoms with Crippen LogP contribution in [0.2, 0.25) is 5.02 Å². The van der Waals surface area contributed by atoms with E-state index >= 15 is 0 Å². The minimum absolute atomic E-state index is 0.212. The van der Waals surface area contributed by atoms with Gasteiger partial charge in [-0.2, -0.15) is 0 Å². The molecule has 0 saturated carbocycles. The van der Waals surface area contributed by atoms with Crippen LogP contribution in [0.25, 0.3) is 11.3 Å². The number of aromatic nitrogens is 1. The first-order chi connectivity index (χ1) is 14.8. The van der Waals surface area contributed by atoms with Crippen LogP contribution in [0, 0.1) is 5.92 Å². The zero-order valence-electron chi connectivity index (χ0n) is 16.4. The molecule has 0 spiro atoms. The number of benzene rings is 2. The van der Waals surface area contributed by atoms with Crippen molar-refractivity contribution < 1.29 is 19.5 Å². The summed E-state index contributed by atoms with van der Waals surface area (Å²) in [4.78, 5) is 42.1. The number of nitrogens with zero attached hydrogens (tertiary/aromatic N) is 2. The van der Waals surface area contributed by atoms with Gasteiger partial charge in [0.25, 0.3) is 0 Å². The van der Waals surface area contributed by atoms with Crippen molar-refractivity contribution in [3.05, 3.63) is 70.6 Å². The van der Waals surface area contributed by atoms with Crippen LogP contribution >= 0.6 is 22.9 Å². The number of rotatable bonds is 9. The van der Waals surface area contributed by atoms with Gasteiger partial charge in [-0.1, -0.05) is 60.1 Å². The molecule has 0 aliphatic carbocycles. The van der Waals surface area contributed by atoms with E-state index in [0.717, 1.165) is 21.8 Å². The number of primary amides is 1. The van der Waals surface area contributed by atoms with E-state index in [1.807, 2.05) is 36.4 Å². The molecule has 0 unspecified atom stereocenters. The van der Waals surface area contributed by atoms with Crippen molar-refractivity contribution in [2.24, 2.45) is 11.7 Å². The number of anilines is 1. The predicted octanol–water partition coefficient (Wildman–Crippen LogP) is 3.62. The number of halogens is 1. The molecule has 0 aliphatic rings. The Hall–Kier alpha value is -3.23. The van der Waals surface area contributed by atoms with Gasteiger partial charge < -0.3 is 10.8 Å². The maximum atomic E-state index is 13.3. The lowest BCUT2D eigenvalue weighted by Crippen LogP contribution is -2.43. The van der Waals surface area contributed by atoms with Crippen LogP contribution in [0.1, 0.15) is 12.0 Å². The molecule has 3 aromatic rings. The van der Waals surface area contributed by atoms with Crippen LogP contribution in [0.5, 0.6) is 0 Å². The number of hydrogen-bond acceptors (Lipinski definition) is 5. The minimum Gasteiger partial charge on any atom is -0.481 e. The number of carbonyl (C=O) groups is 3. The third-order valence-corrected chi connectivity index (χ3v) is 5.74. The van der Waals surface area contributed by atoms with Crippen molar-refractivity contribution in [1.82, 2.24) is 4.98 Å². The van der Waals surface area contributed by atoms with E-state index in [1.54, 1.807) is 23.6 Å². The third-order valence-electron chi connectivity index (χ3n) is 4.55. The molecule has 1 aromatic heterocycles. The van der Waals surface area contributed by atoms with Gasteiger partial charge in [-0.25, -0.2) is 4.98 Å². The molecule has 1 heterocycles. The summed E-state index contributed by atoms with van der Waals surface area (Å²) in [7, 11) is 0. The second-order valence-electron chi connectivity index (χ2n) is 6.87. The van der Waals surface area contributed by atoms with Crippen LogP contribution in [0.4, 0.5) is 5.13 Å². The van der Waals surface area contributed by atoms with Crippen LogP contribution in [0.3, 0.4) is 0 Å². The maximum absolute atomic E-state index is 13.3. The molecule has 0 radical (unpaired) electrons. The number of amides is 2. The average Bonchev–Trinajstić information content (AvgIpc) is 3.21. The Bertz CT molecular complexity index is 1090. The van der Waals surface area contributed by atoms with Gasteiger partial charge in [-0.05, 0) is 18.1 Å². The molecule has 3 N–H and O–H groups in total. The summed E-state index contributed by atoms with van der Waals surface area (Å²) in [5, 5.41) is 11.8. The van der Waals surface area contributed by atoms with Crippen LogP contribution in [-0.2, 0) is 20.8 Å². The quantitative estimate of drug-likeness (QED) is 0.509. The van der Waals surface area contributed by atoms with E-state index in [9.17, 15) is 19.5 Å². The molecule has 31 heavy (non-hydrogen) atoms. The van der Waals surface area contributed by atoms with Gasteiger partial charge in [0.15, 0.2) is 5.13 Å². The minimum atomic E-state index is -1.11. The molecule has 7 nitrogen and oxygen atoms in total. The molecule has 160 valence electrons. The number of carbonyl (C=O) groups excluding carboxylic acids is 2. The number of thiazole rings is 1. The van der Waals surface area contributed by atoms with E-state index < -0.39 is 30.2 Å². The molecular formula is C22H20ClN3O4S. The van der Waals surface area contributed by atoms with Crippen LogP contribution < -0.4 is 10.6 Å². The second kappa shape index (κ2) is 10.2. The summed E-state index contributed by atoms with van der Waals surface area (Å²) in [5.41, 5.74) is 7.42. The zero-order chi connectivity index (χ0) is 22.4. The van der Waals surface area contributed by atoms with Crippen LogP contribution in [-0.4, -0.2) is 34.4 Å². The normalized spacial score (nSPS) is 11.6. The number of carboxylic acids is 1. The molecule has 0 aliphatic heterocycles. The van der Waals surface area contributed by atoms with Gasteiger partial charge in [0, 0.05) is 16.0 Å². The zero-order valence-corrected chi connectivity index (χ0v) is 18.0. The van der Waals surface area contributed by atoms with Crippen molar-refractivity contribution in [1.29, 1.82) is 0 Å². The first kappa shape index (κ1) is 22.5. The van der Waals surface area contributed by atoms with E-state index in [2.05, 4.69) is 4.98 Å². The van der Waals surface area contributed by atoms with Gasteiger partial charge in [0.2, 0.25) is 11.8 Å². The van der Waals surface area contributed by atoms with E-state index in [-0.39, 0.29) is 18.0 Å². The van der Waals surface area contributed by atoms with Gasteiger partial charge >= 0.3 is 5.97 Å². The van der Waals surface area contributed by atoms with Crippen molar-refractivity contribution in [2.45, 2.75) is 12.8 Å². The number of nitrogens with two attached hydrogens (primary N) is 1. The molecule has 1 atom stereocenters. The highest BCUT2D eigenvalue weighted by Crippen LogP contribution is 2.32. The lowest BCUT2D eigenvalue weighted by molar-refractivity contribution is -0.140. The number of hydrogen-bond donors (Lipinski definition) is 2. The molecule has 0 saturated heterocycles. The smallest absolute Gasteiger partial charge is 0.304 e. The Balaban J connectivity index is 1.93. The van der Waals surface area contributed by atoms with Gasteiger partial charge in [-0.3, -0.25) is 19.3 Å². The highest BCUT2D eigenvalue weighted by atomic mass is 35.5. The van der Waals surface area contributed by atoms with Gasteiger partial charge in [-0.15, -0.1) is 11.3 Å². The summed E-state index contributed by atoms with van der Waals surface area (Å²) >= 11 is 7.39. The summed E-state index contributed by atoms with van der Waals surface area (Å²) in [6.45, 7) is -0.404. The van der Waals surface area contributed by atoms with Crippen molar-refractivity contribution in [3.8, 4) is 11.3 Å². The molecule has 0 fully saturated rings. The molecule has 9 heteroatoms. The SMILES string of the molecule is NC(=O)CN(C(=O)[C@@H](CC(=O)O)Cc1ccccc1)c1nc(-c2ccccc2Cl)cs1. The second-order valence-corrected chi connectivity index (χ2v) is 8.11. The maximum Gasteiger partial charge on any atom is 0.304 e. The summed E-state index contributed by atoms with van der Waals surface area (Å²) in [6.07, 6.45) is -0.171. The fraction of sp³-hybridized carbons (Fsp3) is 0.182. The lowest BCUT2D eigenvalue weighted by Gasteiger charge is -2.23. The van der Waals surface area contributed by atoms with Crippen molar-refractivity contribution in [2.75, 3.05) is 11.4 Å². The Morgan fingerprint density at radius 1 is 1.10 bits per heavy atom. The first-order valence-corrected chi connectivity index (χ1v) is 10.7. The fourth-order valence-electron chi connectivity index (χ4n) is 3.15. The predicted molar refractivity (Wildman–Crippen MR) is 120 cm³/mol. The Morgan fingerprint density at radius 3 is 2.42 bits per heavy atom. The van der Waals surface area contributed by atoms with Gasteiger partial charge in [0.1, 0.15) is 6.54 Å². The Morgan fingerprint density at radius 2 is 1.77 bits per heavy atom. The standard InChI is InChI=1S/C22H20ClN3O4S/c23-17-9-5-4-8-16(17)18-13-31-22(25-18)26(12-19(24)27)21(30)15(11-20(28)29)10-14-6-2-1-3-7-14/h1-9,13,15H,10-12H2,(H2,24,27)(H,28,29)/t15-/m1/s1. The monoisotopic (exact) mass is 457 g/mol. The molecule has 2 aromatic carbocycles. The number of aliphatic carboxylic acids is 1. The molecular weight excluding hydrogens is 438 g/mol. The Kier molecular flexibility index (Phi) is 7.38. The van der Waals surface area contributed by atoms with Crippen molar-refractivity contribution in [3.63, 3.8) is 0 Å². The largest absolute Gasteiger partial charge is 0.481 e.